The molecular weight excluding hydrogens is 398 g/mol. The Labute approximate surface area is 159 Å². The third-order valence-electron chi connectivity index (χ3n) is 3.66. The summed E-state index contributed by atoms with van der Waals surface area (Å²) in [4.78, 5) is 4.39. The zero-order chi connectivity index (χ0) is 19.6. The van der Waals surface area contributed by atoms with E-state index in [0.717, 1.165) is 4.31 Å². The first-order chi connectivity index (χ1) is 12.8. The van der Waals surface area contributed by atoms with Gasteiger partial charge in [0.2, 0.25) is 10.0 Å². The zero-order valence-electron chi connectivity index (χ0n) is 14.4. The molecule has 0 aliphatic rings. The number of hydrogen-bond acceptors (Lipinski definition) is 6. The standard InChI is InChI=1S/C17H16F2N2O4S2/c1-21(2)27(22,23)12-7-8-15-13(9-12)20-17(25-15)26-10-11-5-3-4-6-14(11)24-16(18)19/h3-9,16H,10H2,1-2H3. The molecule has 0 amide bonds. The third-order valence-corrected chi connectivity index (χ3v) is 6.35. The summed E-state index contributed by atoms with van der Waals surface area (Å²) >= 11 is 1.20. The number of nitrogens with zero attached hydrogens (tertiary/aromatic N) is 2. The van der Waals surface area contributed by atoms with Gasteiger partial charge < -0.3 is 9.15 Å². The molecule has 0 aliphatic heterocycles. The fourth-order valence-corrected chi connectivity index (χ4v) is 4.04. The fraction of sp³-hybridized carbons (Fsp3) is 0.235. The SMILES string of the molecule is CN(C)S(=O)(=O)c1ccc2oc(SCc3ccccc3OC(F)F)nc2c1. The molecule has 1 heterocycles. The Morgan fingerprint density at radius 2 is 1.96 bits per heavy atom. The van der Waals surface area contributed by atoms with Crippen LogP contribution in [0.3, 0.4) is 0 Å². The lowest BCUT2D eigenvalue weighted by Gasteiger charge is -2.10. The van der Waals surface area contributed by atoms with Crippen molar-refractivity contribution >= 4 is 32.9 Å². The van der Waals surface area contributed by atoms with Crippen molar-refractivity contribution in [3.05, 3.63) is 48.0 Å². The Bertz CT molecular complexity index is 1050. The maximum absolute atomic E-state index is 12.5. The van der Waals surface area contributed by atoms with E-state index in [-0.39, 0.29) is 10.6 Å². The van der Waals surface area contributed by atoms with Gasteiger partial charge >= 0.3 is 6.61 Å². The van der Waals surface area contributed by atoms with E-state index in [1.54, 1.807) is 18.2 Å². The Morgan fingerprint density at radius 1 is 1.22 bits per heavy atom. The Morgan fingerprint density at radius 3 is 2.67 bits per heavy atom. The average molecular weight is 414 g/mol. The van der Waals surface area contributed by atoms with E-state index in [9.17, 15) is 17.2 Å². The molecule has 3 aromatic rings. The van der Waals surface area contributed by atoms with Crippen LogP contribution in [-0.2, 0) is 15.8 Å². The monoisotopic (exact) mass is 414 g/mol. The molecule has 0 N–H and O–H groups in total. The second-order valence-corrected chi connectivity index (χ2v) is 8.75. The first-order valence-corrected chi connectivity index (χ1v) is 10.2. The van der Waals surface area contributed by atoms with Gasteiger partial charge in [0.25, 0.3) is 5.22 Å². The van der Waals surface area contributed by atoms with Crippen LogP contribution >= 0.6 is 11.8 Å². The highest BCUT2D eigenvalue weighted by Gasteiger charge is 2.19. The predicted octanol–water partition coefficient (Wildman–Crippen LogP) is 3.97. The molecule has 0 aliphatic carbocycles. The van der Waals surface area contributed by atoms with Crippen molar-refractivity contribution in [3.8, 4) is 5.75 Å². The lowest BCUT2D eigenvalue weighted by Crippen LogP contribution is -2.22. The van der Waals surface area contributed by atoms with Crippen LogP contribution in [0.2, 0.25) is 0 Å². The first-order valence-electron chi connectivity index (χ1n) is 7.76. The minimum atomic E-state index is -3.57. The van der Waals surface area contributed by atoms with E-state index in [2.05, 4.69) is 9.72 Å². The molecule has 3 rings (SSSR count). The number of para-hydroxylation sites is 1. The van der Waals surface area contributed by atoms with E-state index >= 15 is 0 Å². The number of sulfonamides is 1. The number of thioether (sulfide) groups is 1. The molecule has 10 heteroatoms. The van der Waals surface area contributed by atoms with Crippen molar-refractivity contribution in [2.75, 3.05) is 14.1 Å². The summed E-state index contributed by atoms with van der Waals surface area (Å²) in [5.41, 5.74) is 1.41. The molecule has 0 fully saturated rings. The topological polar surface area (TPSA) is 72.6 Å². The summed E-state index contributed by atoms with van der Waals surface area (Å²) in [6.45, 7) is -2.91. The van der Waals surface area contributed by atoms with Crippen LogP contribution < -0.4 is 4.74 Å². The normalized spacial score (nSPS) is 12.2. The summed E-state index contributed by atoms with van der Waals surface area (Å²) in [6, 6.07) is 10.9. The Balaban J connectivity index is 1.81. The van der Waals surface area contributed by atoms with E-state index in [1.807, 2.05) is 0 Å². The Hall–Kier alpha value is -2.17. The van der Waals surface area contributed by atoms with Gasteiger partial charge in [-0.3, -0.25) is 0 Å². The van der Waals surface area contributed by atoms with Gasteiger partial charge in [-0.2, -0.15) is 8.78 Å². The van der Waals surface area contributed by atoms with Gasteiger partial charge in [-0.15, -0.1) is 0 Å². The molecule has 0 spiro atoms. The van der Waals surface area contributed by atoms with Crippen molar-refractivity contribution in [1.29, 1.82) is 0 Å². The first kappa shape index (κ1) is 19.6. The van der Waals surface area contributed by atoms with Crippen LogP contribution in [0.1, 0.15) is 5.56 Å². The van der Waals surface area contributed by atoms with Crippen LogP contribution in [0.25, 0.3) is 11.1 Å². The quantitative estimate of drug-likeness (QED) is 0.545. The molecule has 0 radical (unpaired) electrons. The summed E-state index contributed by atoms with van der Waals surface area (Å²) in [5.74, 6) is 0.397. The molecule has 27 heavy (non-hydrogen) atoms. The molecular formula is C17H16F2N2O4S2. The minimum absolute atomic E-state index is 0.0930. The number of rotatable bonds is 7. The van der Waals surface area contributed by atoms with Crippen molar-refractivity contribution in [2.45, 2.75) is 22.5 Å². The minimum Gasteiger partial charge on any atom is -0.435 e. The highest BCUT2D eigenvalue weighted by molar-refractivity contribution is 7.98. The summed E-state index contributed by atoms with van der Waals surface area (Å²) in [6.07, 6.45) is 0. The van der Waals surface area contributed by atoms with E-state index in [1.165, 1.54) is 50.1 Å². The molecule has 0 saturated carbocycles. The van der Waals surface area contributed by atoms with E-state index < -0.39 is 16.6 Å². The molecule has 144 valence electrons. The predicted molar refractivity (Wildman–Crippen MR) is 97.5 cm³/mol. The van der Waals surface area contributed by atoms with Gasteiger partial charge in [0.05, 0.1) is 4.90 Å². The molecule has 0 unspecified atom stereocenters. The smallest absolute Gasteiger partial charge is 0.387 e. The zero-order valence-corrected chi connectivity index (χ0v) is 16.1. The highest BCUT2D eigenvalue weighted by Crippen LogP contribution is 2.31. The average Bonchev–Trinajstić information content (AvgIpc) is 3.02. The summed E-state index contributed by atoms with van der Waals surface area (Å²) < 4.78 is 60.6. The van der Waals surface area contributed by atoms with Crippen LogP contribution in [0.15, 0.2) is 57.0 Å². The van der Waals surface area contributed by atoms with Gasteiger partial charge in [0.1, 0.15) is 11.3 Å². The largest absolute Gasteiger partial charge is 0.435 e. The molecule has 0 atom stereocenters. The van der Waals surface area contributed by atoms with Crippen LogP contribution in [0, 0.1) is 0 Å². The summed E-state index contributed by atoms with van der Waals surface area (Å²) in [7, 11) is -0.680. The maximum Gasteiger partial charge on any atom is 0.387 e. The molecule has 1 aromatic heterocycles. The van der Waals surface area contributed by atoms with E-state index in [4.69, 9.17) is 4.42 Å². The number of benzene rings is 2. The lowest BCUT2D eigenvalue weighted by molar-refractivity contribution is -0.0503. The van der Waals surface area contributed by atoms with Gasteiger partial charge in [-0.25, -0.2) is 17.7 Å². The second kappa shape index (κ2) is 7.83. The van der Waals surface area contributed by atoms with Gasteiger partial charge in [-0.05, 0) is 24.3 Å². The number of halogens is 2. The number of ether oxygens (including phenoxy) is 1. The van der Waals surface area contributed by atoms with Gasteiger partial charge in [0, 0.05) is 25.4 Å². The van der Waals surface area contributed by atoms with Crippen molar-refractivity contribution in [3.63, 3.8) is 0 Å². The Kier molecular flexibility index (Phi) is 5.68. The molecule has 0 bridgehead atoms. The van der Waals surface area contributed by atoms with Crippen LogP contribution in [0.4, 0.5) is 8.78 Å². The fourth-order valence-electron chi connectivity index (χ4n) is 2.29. The maximum atomic E-state index is 12.5. The van der Waals surface area contributed by atoms with Gasteiger partial charge in [0.15, 0.2) is 5.58 Å². The van der Waals surface area contributed by atoms with Gasteiger partial charge in [-0.1, -0.05) is 30.0 Å². The van der Waals surface area contributed by atoms with Crippen molar-refractivity contribution in [2.24, 2.45) is 0 Å². The molecule has 0 saturated heterocycles. The van der Waals surface area contributed by atoms with E-state index in [0.29, 0.717) is 27.6 Å². The second-order valence-electron chi connectivity index (χ2n) is 5.67. The number of hydrogen-bond donors (Lipinski definition) is 0. The number of fused-ring (bicyclic) bond motifs is 1. The highest BCUT2D eigenvalue weighted by atomic mass is 32.2. The number of aromatic nitrogens is 1. The lowest BCUT2D eigenvalue weighted by atomic mass is 10.2. The number of alkyl halides is 2. The summed E-state index contributed by atoms with van der Waals surface area (Å²) in [5, 5.41) is 0.302. The molecule has 2 aromatic carbocycles. The van der Waals surface area contributed by atoms with Crippen LogP contribution in [-0.4, -0.2) is 38.4 Å². The third kappa shape index (κ3) is 4.40. The van der Waals surface area contributed by atoms with Crippen molar-refractivity contribution in [1.82, 2.24) is 9.29 Å². The van der Waals surface area contributed by atoms with Crippen LogP contribution in [0.5, 0.6) is 5.75 Å². The number of oxazole rings is 1. The molecule has 6 nitrogen and oxygen atoms in total. The van der Waals surface area contributed by atoms with Crippen molar-refractivity contribution < 1.29 is 26.4 Å².